The number of alkyl carbamates (subject to hydrolysis) is 1. The Morgan fingerprint density at radius 3 is 2.29 bits per heavy atom. The summed E-state index contributed by atoms with van der Waals surface area (Å²) in [5.74, 6) is -1.45. The predicted molar refractivity (Wildman–Crippen MR) is 78.1 cm³/mol. The third kappa shape index (κ3) is 8.04. The second-order valence-corrected chi connectivity index (χ2v) is 7.79. The van der Waals surface area contributed by atoms with E-state index in [9.17, 15) is 14.2 Å². The summed E-state index contributed by atoms with van der Waals surface area (Å²) in [6.07, 6.45) is -0.713. The van der Waals surface area contributed by atoms with E-state index in [0.717, 1.165) is 0 Å². The van der Waals surface area contributed by atoms with Crippen LogP contribution in [0.4, 0.5) is 4.79 Å². The van der Waals surface area contributed by atoms with Gasteiger partial charge in [-0.25, -0.2) is 9.88 Å². The van der Waals surface area contributed by atoms with Crippen LogP contribution in [0.25, 0.3) is 0 Å². The first-order chi connectivity index (χ1) is 9.54. The number of amides is 1. The van der Waals surface area contributed by atoms with E-state index >= 15 is 0 Å². The highest BCUT2D eigenvalue weighted by Gasteiger charge is 2.33. The summed E-state index contributed by atoms with van der Waals surface area (Å²) < 4.78 is 27.3. The summed E-state index contributed by atoms with van der Waals surface area (Å²) >= 11 is 0. The van der Waals surface area contributed by atoms with Crippen LogP contribution in [0, 0.1) is 0 Å². The zero-order chi connectivity index (χ0) is 16.7. The third-order valence-corrected chi connectivity index (χ3v) is 4.62. The standard InChI is InChI=1S/C12H25N2O6P/c1-7-19-21(17,13-8-10(15)18-6)9(2)14-11(16)20-12(3,4)5/h9H,7-8H2,1-6H3,(H,13,17)(H,14,16). The SMILES string of the molecule is CCOP(=O)(NCC(=O)OC)C(C)NC(=O)OC(C)(C)C. The monoisotopic (exact) mass is 324 g/mol. The number of carbonyl (C=O) groups is 2. The number of esters is 1. The molecular formula is C12H25N2O6P. The lowest BCUT2D eigenvalue weighted by atomic mass is 10.2. The maximum atomic E-state index is 12.6. The van der Waals surface area contributed by atoms with Gasteiger partial charge in [0, 0.05) is 0 Å². The molecule has 2 atom stereocenters. The van der Waals surface area contributed by atoms with Gasteiger partial charge in [-0.15, -0.1) is 0 Å². The lowest BCUT2D eigenvalue weighted by Gasteiger charge is -2.27. The number of nitrogens with one attached hydrogen (secondary N) is 2. The lowest BCUT2D eigenvalue weighted by molar-refractivity contribution is -0.139. The van der Waals surface area contributed by atoms with Crippen molar-refractivity contribution in [3.05, 3.63) is 0 Å². The van der Waals surface area contributed by atoms with Crippen molar-refractivity contribution >= 4 is 19.6 Å². The van der Waals surface area contributed by atoms with E-state index in [-0.39, 0.29) is 13.2 Å². The molecule has 0 saturated heterocycles. The van der Waals surface area contributed by atoms with Crippen LogP contribution in [0.5, 0.6) is 0 Å². The molecule has 0 bridgehead atoms. The quantitative estimate of drug-likeness (QED) is 0.544. The summed E-state index contributed by atoms with van der Waals surface area (Å²) in [5.41, 5.74) is -0.668. The summed E-state index contributed by atoms with van der Waals surface area (Å²) in [6, 6.07) is 0. The highest BCUT2D eigenvalue weighted by Crippen LogP contribution is 2.46. The Labute approximate surface area is 125 Å². The Kier molecular flexibility index (Phi) is 7.92. The fraction of sp³-hybridized carbons (Fsp3) is 0.833. The van der Waals surface area contributed by atoms with Gasteiger partial charge in [-0.05, 0) is 34.6 Å². The lowest BCUT2D eigenvalue weighted by Crippen LogP contribution is -2.40. The average molecular weight is 324 g/mol. The molecule has 0 aromatic carbocycles. The normalized spacial score (nSPS) is 15.7. The summed E-state index contributed by atoms with van der Waals surface area (Å²) in [4.78, 5) is 22.8. The molecule has 0 rings (SSSR count). The fourth-order valence-electron chi connectivity index (χ4n) is 1.30. The molecule has 0 aliphatic carbocycles. The van der Waals surface area contributed by atoms with Crippen LogP contribution in [0.1, 0.15) is 34.6 Å². The number of carbonyl (C=O) groups excluding carboxylic acids is 2. The average Bonchev–Trinajstić information content (AvgIpc) is 2.33. The Morgan fingerprint density at radius 2 is 1.86 bits per heavy atom. The zero-order valence-corrected chi connectivity index (χ0v) is 14.3. The van der Waals surface area contributed by atoms with Crippen LogP contribution in [-0.2, 0) is 23.4 Å². The predicted octanol–water partition coefficient (Wildman–Crippen LogP) is 1.85. The van der Waals surface area contributed by atoms with Crippen molar-refractivity contribution in [1.29, 1.82) is 0 Å². The van der Waals surface area contributed by atoms with Gasteiger partial charge in [0.25, 0.3) is 7.52 Å². The second-order valence-electron chi connectivity index (χ2n) is 5.25. The van der Waals surface area contributed by atoms with E-state index in [1.165, 1.54) is 14.0 Å². The Hall–Kier alpha value is -1.11. The molecule has 8 nitrogen and oxygen atoms in total. The van der Waals surface area contributed by atoms with E-state index in [4.69, 9.17) is 9.26 Å². The molecule has 21 heavy (non-hydrogen) atoms. The fourth-order valence-corrected chi connectivity index (χ4v) is 2.89. The topological polar surface area (TPSA) is 103 Å². The second kappa shape index (κ2) is 8.36. The number of methoxy groups -OCH3 is 1. The molecular weight excluding hydrogens is 299 g/mol. The van der Waals surface area contributed by atoms with Crippen molar-refractivity contribution in [2.75, 3.05) is 20.3 Å². The van der Waals surface area contributed by atoms with Gasteiger partial charge in [0.05, 0.1) is 13.7 Å². The van der Waals surface area contributed by atoms with E-state index < -0.39 is 31.0 Å². The Balaban J connectivity index is 4.74. The molecule has 0 radical (unpaired) electrons. The molecule has 1 amide bonds. The summed E-state index contributed by atoms with van der Waals surface area (Å²) in [5, 5.41) is 4.94. The van der Waals surface area contributed by atoms with Crippen molar-refractivity contribution in [3.63, 3.8) is 0 Å². The third-order valence-electron chi connectivity index (χ3n) is 2.23. The van der Waals surface area contributed by atoms with Gasteiger partial charge in [-0.1, -0.05) is 0 Å². The van der Waals surface area contributed by atoms with Crippen LogP contribution in [0.2, 0.25) is 0 Å². The van der Waals surface area contributed by atoms with Gasteiger partial charge < -0.3 is 19.3 Å². The first-order valence-electron chi connectivity index (χ1n) is 6.59. The molecule has 0 aliphatic rings. The molecule has 9 heteroatoms. The molecule has 2 N–H and O–H groups in total. The number of hydrogen-bond acceptors (Lipinski definition) is 6. The van der Waals surface area contributed by atoms with Crippen LogP contribution >= 0.6 is 7.52 Å². The van der Waals surface area contributed by atoms with Gasteiger partial charge in [0.1, 0.15) is 17.9 Å². The number of rotatable bonds is 7. The van der Waals surface area contributed by atoms with Crippen LogP contribution in [0.15, 0.2) is 0 Å². The summed E-state index contributed by atoms with van der Waals surface area (Å²) in [7, 11) is -2.24. The molecule has 0 aromatic heterocycles. The highest BCUT2D eigenvalue weighted by molar-refractivity contribution is 7.57. The van der Waals surface area contributed by atoms with Gasteiger partial charge >= 0.3 is 12.1 Å². The number of ether oxygens (including phenoxy) is 2. The van der Waals surface area contributed by atoms with E-state index in [1.54, 1.807) is 27.7 Å². The molecule has 0 fully saturated rings. The van der Waals surface area contributed by atoms with E-state index in [0.29, 0.717) is 0 Å². The molecule has 0 spiro atoms. The minimum absolute atomic E-state index is 0.159. The minimum atomic E-state index is -3.46. The van der Waals surface area contributed by atoms with Crippen molar-refractivity contribution in [1.82, 2.24) is 10.4 Å². The van der Waals surface area contributed by atoms with Crippen molar-refractivity contribution < 1.29 is 28.2 Å². The van der Waals surface area contributed by atoms with Crippen molar-refractivity contribution in [2.24, 2.45) is 0 Å². The van der Waals surface area contributed by atoms with Crippen molar-refractivity contribution in [3.8, 4) is 0 Å². The minimum Gasteiger partial charge on any atom is -0.468 e. The van der Waals surface area contributed by atoms with Gasteiger partial charge in [-0.3, -0.25) is 9.36 Å². The molecule has 124 valence electrons. The zero-order valence-electron chi connectivity index (χ0n) is 13.4. The molecule has 0 aliphatic heterocycles. The van der Waals surface area contributed by atoms with Gasteiger partial charge in [-0.2, -0.15) is 0 Å². The largest absolute Gasteiger partial charge is 0.468 e. The summed E-state index contributed by atoms with van der Waals surface area (Å²) in [6.45, 7) is 8.19. The molecule has 2 unspecified atom stereocenters. The Bertz CT molecular complexity index is 407. The first-order valence-corrected chi connectivity index (χ1v) is 8.29. The molecule has 0 saturated carbocycles. The molecule has 0 heterocycles. The smallest absolute Gasteiger partial charge is 0.408 e. The van der Waals surface area contributed by atoms with Gasteiger partial charge in [0.2, 0.25) is 0 Å². The van der Waals surface area contributed by atoms with E-state index in [1.807, 2.05) is 0 Å². The molecule has 0 aromatic rings. The Morgan fingerprint density at radius 1 is 1.29 bits per heavy atom. The van der Waals surface area contributed by atoms with Crippen LogP contribution < -0.4 is 10.4 Å². The van der Waals surface area contributed by atoms with Crippen LogP contribution in [-0.4, -0.2) is 43.7 Å². The maximum absolute atomic E-state index is 12.6. The van der Waals surface area contributed by atoms with Crippen molar-refractivity contribution in [2.45, 2.75) is 46.0 Å². The highest BCUT2D eigenvalue weighted by atomic mass is 31.2. The van der Waals surface area contributed by atoms with E-state index in [2.05, 4.69) is 15.1 Å². The van der Waals surface area contributed by atoms with Crippen LogP contribution in [0.3, 0.4) is 0 Å². The number of hydrogen-bond donors (Lipinski definition) is 2. The first kappa shape index (κ1) is 19.9. The maximum Gasteiger partial charge on any atom is 0.408 e. The van der Waals surface area contributed by atoms with Gasteiger partial charge in [0.15, 0.2) is 0 Å².